The number of nitrogens with zero attached hydrogens (tertiary/aromatic N) is 3. The van der Waals surface area contributed by atoms with Crippen molar-refractivity contribution < 1.29 is 0 Å². The minimum atomic E-state index is -1.58. The molecule has 0 radical (unpaired) electrons. The van der Waals surface area contributed by atoms with Crippen LogP contribution in [0, 0.1) is 59.2 Å². The maximum absolute atomic E-state index is 10.3. The highest BCUT2D eigenvalue weighted by Crippen LogP contribution is 2.56. The van der Waals surface area contributed by atoms with Crippen molar-refractivity contribution >= 4 is 23.4 Å². The van der Waals surface area contributed by atoms with Gasteiger partial charge in [-0.15, -0.1) is 11.8 Å². The van der Waals surface area contributed by atoms with Gasteiger partial charge in [-0.3, -0.25) is 0 Å². The lowest BCUT2D eigenvalue weighted by Gasteiger charge is -2.44. The van der Waals surface area contributed by atoms with Gasteiger partial charge in [0.2, 0.25) is 0 Å². The fourth-order valence-electron chi connectivity index (χ4n) is 5.32. The third-order valence-electron chi connectivity index (χ3n) is 7.07. The van der Waals surface area contributed by atoms with Crippen LogP contribution in [0.15, 0.2) is 64.2 Å². The molecule has 2 N–H and O–H groups in total. The van der Waals surface area contributed by atoms with Gasteiger partial charge in [-0.05, 0) is 91.1 Å². The Labute approximate surface area is 210 Å². The lowest BCUT2D eigenvalue weighted by Crippen LogP contribution is -2.43. The minimum Gasteiger partial charge on any atom is -0.399 e. The molecule has 0 unspecified atom stereocenters. The van der Waals surface area contributed by atoms with E-state index in [0.717, 1.165) is 52.2 Å². The first-order valence-electron chi connectivity index (χ1n) is 11.3. The van der Waals surface area contributed by atoms with Gasteiger partial charge in [0.05, 0.1) is 23.4 Å². The van der Waals surface area contributed by atoms with Crippen LogP contribution in [0.2, 0.25) is 5.02 Å². The molecule has 0 aromatic heterocycles. The highest BCUT2D eigenvalue weighted by Gasteiger charge is 2.54. The van der Waals surface area contributed by atoms with Gasteiger partial charge in [-0.2, -0.15) is 15.8 Å². The van der Waals surface area contributed by atoms with Gasteiger partial charge in [0.1, 0.15) is 6.07 Å². The summed E-state index contributed by atoms with van der Waals surface area (Å²) in [5.41, 5.74) is 10.5. The first-order chi connectivity index (χ1) is 16.4. The topological polar surface area (TPSA) is 97.4 Å². The van der Waals surface area contributed by atoms with Crippen LogP contribution in [0.1, 0.15) is 47.4 Å². The third-order valence-corrected chi connectivity index (χ3v) is 8.38. The second-order valence-corrected chi connectivity index (χ2v) is 10.5. The molecule has 0 aliphatic heterocycles. The van der Waals surface area contributed by atoms with Gasteiger partial charge >= 0.3 is 0 Å². The van der Waals surface area contributed by atoms with E-state index in [1.54, 1.807) is 11.8 Å². The number of aryl methyl sites for hydroxylation is 2. The van der Waals surface area contributed by atoms with Crippen molar-refractivity contribution in [2.45, 2.75) is 49.7 Å². The summed E-state index contributed by atoms with van der Waals surface area (Å²) in [5.74, 6) is 0.237. The number of hydrogen-bond donors (Lipinski definition) is 1. The van der Waals surface area contributed by atoms with Crippen LogP contribution in [0.4, 0.5) is 0 Å². The number of nitrogens with two attached hydrogens (primary N) is 1. The van der Waals surface area contributed by atoms with E-state index in [2.05, 4.69) is 43.3 Å². The van der Waals surface area contributed by atoms with Crippen LogP contribution in [-0.2, 0) is 5.75 Å². The molecule has 0 spiro atoms. The van der Waals surface area contributed by atoms with Crippen molar-refractivity contribution in [2.24, 2.45) is 17.1 Å². The van der Waals surface area contributed by atoms with Gasteiger partial charge in [-0.25, -0.2) is 0 Å². The minimum absolute atomic E-state index is 0.0893. The largest absolute Gasteiger partial charge is 0.399 e. The van der Waals surface area contributed by atoms with Gasteiger partial charge in [0.15, 0.2) is 5.41 Å². The Morgan fingerprint density at radius 1 is 1.09 bits per heavy atom. The highest BCUT2D eigenvalue weighted by molar-refractivity contribution is 7.98. The smallest absolute Gasteiger partial charge is 0.191 e. The monoisotopic (exact) mass is 484 g/mol. The van der Waals surface area contributed by atoms with Gasteiger partial charge < -0.3 is 5.73 Å². The number of thioether (sulfide) groups is 1. The zero-order chi connectivity index (χ0) is 24.5. The van der Waals surface area contributed by atoms with Crippen molar-refractivity contribution in [3.8, 4) is 18.2 Å². The molecule has 170 valence electrons. The van der Waals surface area contributed by atoms with E-state index in [0.29, 0.717) is 10.6 Å². The van der Waals surface area contributed by atoms with Crippen LogP contribution in [-0.4, -0.2) is 0 Å². The summed E-state index contributed by atoms with van der Waals surface area (Å²) in [7, 11) is 0. The average molecular weight is 485 g/mol. The third kappa shape index (κ3) is 3.99. The molecule has 2 atom stereocenters. The van der Waals surface area contributed by atoms with E-state index in [1.807, 2.05) is 31.2 Å². The quantitative estimate of drug-likeness (QED) is 0.479. The molecule has 4 rings (SSSR count). The summed E-state index contributed by atoms with van der Waals surface area (Å²) < 4.78 is 0. The molecule has 0 fully saturated rings. The molecular weight excluding hydrogens is 460 g/mol. The zero-order valence-electron chi connectivity index (χ0n) is 19.2. The van der Waals surface area contributed by atoms with Crippen molar-refractivity contribution in [1.82, 2.24) is 0 Å². The number of halogens is 1. The summed E-state index contributed by atoms with van der Waals surface area (Å²) in [6.45, 7) is 4.12. The van der Waals surface area contributed by atoms with E-state index < -0.39 is 11.3 Å². The maximum Gasteiger partial charge on any atom is 0.191 e. The predicted molar refractivity (Wildman–Crippen MR) is 136 cm³/mol. The van der Waals surface area contributed by atoms with Crippen molar-refractivity contribution in [3.63, 3.8) is 0 Å². The van der Waals surface area contributed by atoms with Crippen molar-refractivity contribution in [2.75, 3.05) is 0 Å². The molecule has 0 heterocycles. The average Bonchev–Trinajstić information content (AvgIpc) is 2.84. The Morgan fingerprint density at radius 3 is 2.44 bits per heavy atom. The first-order valence-corrected chi connectivity index (χ1v) is 12.6. The van der Waals surface area contributed by atoms with Crippen LogP contribution >= 0.6 is 23.4 Å². The normalized spacial score (nSPS) is 21.0. The van der Waals surface area contributed by atoms with Gasteiger partial charge in [0, 0.05) is 21.6 Å². The number of rotatable bonds is 4. The Bertz CT molecular complexity index is 1300. The zero-order valence-corrected chi connectivity index (χ0v) is 20.8. The summed E-state index contributed by atoms with van der Waals surface area (Å²) >= 11 is 7.74. The standard InChI is InChI=1S/C28H25ClN4S/c1-17-11-18(2)24(12-19(17)14-34-21-9-7-20(29)8-10-21)26-23-6-4-3-5-22(23)25(13-30)27(33)28(26,15-31)16-32/h5,7-12,23,26H,3-4,6,14,33H2,1-2H3/t23-,26-/m1/s1. The van der Waals surface area contributed by atoms with E-state index in [-0.39, 0.29) is 11.6 Å². The summed E-state index contributed by atoms with van der Waals surface area (Å²) in [6.07, 6.45) is 4.73. The number of benzene rings is 2. The van der Waals surface area contributed by atoms with E-state index in [9.17, 15) is 15.8 Å². The Balaban J connectivity index is 1.83. The molecule has 2 aliphatic carbocycles. The maximum atomic E-state index is 10.3. The fraction of sp³-hybridized carbons (Fsp3) is 0.321. The molecule has 0 saturated heterocycles. The lowest BCUT2D eigenvalue weighted by molar-refractivity contribution is 0.316. The molecule has 4 nitrogen and oxygen atoms in total. The molecule has 0 saturated carbocycles. The van der Waals surface area contributed by atoms with E-state index >= 15 is 0 Å². The Kier molecular flexibility index (Phi) is 6.77. The first kappa shape index (κ1) is 24.0. The molecule has 2 aromatic carbocycles. The molecule has 2 aliphatic rings. The Hall–Kier alpha value is -3.17. The van der Waals surface area contributed by atoms with E-state index in [4.69, 9.17) is 17.3 Å². The second kappa shape index (κ2) is 9.60. The molecule has 34 heavy (non-hydrogen) atoms. The fourth-order valence-corrected chi connectivity index (χ4v) is 6.40. The highest BCUT2D eigenvalue weighted by atomic mass is 35.5. The second-order valence-electron chi connectivity index (χ2n) is 8.98. The van der Waals surface area contributed by atoms with Crippen LogP contribution < -0.4 is 5.73 Å². The Morgan fingerprint density at radius 2 is 1.79 bits per heavy atom. The summed E-state index contributed by atoms with van der Waals surface area (Å²) in [5, 5.41) is 31.2. The molecule has 2 aromatic rings. The number of hydrogen-bond acceptors (Lipinski definition) is 5. The number of nitriles is 3. The van der Waals surface area contributed by atoms with E-state index in [1.165, 1.54) is 5.56 Å². The van der Waals surface area contributed by atoms with Gasteiger partial charge in [-0.1, -0.05) is 29.8 Å². The molecule has 0 bridgehead atoms. The predicted octanol–water partition coefficient (Wildman–Crippen LogP) is 6.84. The number of allylic oxidation sites excluding steroid dienone is 4. The molecule has 6 heteroatoms. The SMILES string of the molecule is Cc1cc(C)c([C@H]2[C@@H]3CCCC=C3C(C#N)=C(N)C2(C#N)C#N)cc1CSc1ccc(Cl)cc1. The van der Waals surface area contributed by atoms with Crippen LogP contribution in [0.5, 0.6) is 0 Å². The summed E-state index contributed by atoms with van der Waals surface area (Å²) in [6, 6.07) is 18.7. The summed E-state index contributed by atoms with van der Waals surface area (Å²) in [4.78, 5) is 1.12. The molecular formula is C28H25ClN4S. The van der Waals surface area contributed by atoms with Crippen LogP contribution in [0.3, 0.4) is 0 Å². The number of fused-ring (bicyclic) bond motifs is 1. The van der Waals surface area contributed by atoms with Crippen molar-refractivity contribution in [3.05, 3.63) is 86.6 Å². The van der Waals surface area contributed by atoms with Crippen LogP contribution in [0.25, 0.3) is 0 Å². The van der Waals surface area contributed by atoms with Crippen molar-refractivity contribution in [1.29, 1.82) is 15.8 Å². The van der Waals surface area contributed by atoms with Gasteiger partial charge in [0.25, 0.3) is 0 Å². The molecule has 0 amide bonds. The lowest BCUT2D eigenvalue weighted by atomic mass is 9.56.